The van der Waals surface area contributed by atoms with Gasteiger partial charge in [-0.05, 0) is 32.0 Å². The maximum Gasteiger partial charge on any atom is 0.309 e. The van der Waals surface area contributed by atoms with Crippen molar-refractivity contribution in [2.24, 2.45) is 0 Å². The van der Waals surface area contributed by atoms with Crippen LogP contribution in [0, 0.1) is 0 Å². The number of hydrogen-bond donors (Lipinski definition) is 3. The van der Waals surface area contributed by atoms with Crippen LogP contribution in [0.15, 0.2) is 18.2 Å². The zero-order chi connectivity index (χ0) is 15.0. The van der Waals surface area contributed by atoms with E-state index in [9.17, 15) is 9.59 Å². The number of benzene rings is 1. The molecule has 3 N–H and O–H groups in total. The number of esters is 1. The molecule has 1 aliphatic rings. The fourth-order valence-electron chi connectivity index (χ4n) is 1.78. The number of carbonyl (C=O) groups is 2. The van der Waals surface area contributed by atoms with Crippen molar-refractivity contribution >= 4 is 23.6 Å². The van der Waals surface area contributed by atoms with E-state index in [4.69, 9.17) is 9.84 Å². The molecule has 1 aliphatic heterocycles. The summed E-state index contributed by atoms with van der Waals surface area (Å²) in [6.07, 6.45) is 0.866. The Morgan fingerprint density at radius 1 is 1.35 bits per heavy atom. The first-order valence-corrected chi connectivity index (χ1v) is 6.53. The number of nitrogens with one attached hydrogen (secondary N) is 2. The number of carbonyl (C=O) groups excluding carboxylic acids is 2. The molecule has 20 heavy (non-hydrogen) atoms. The molecule has 0 spiro atoms. The second kappa shape index (κ2) is 8.16. The lowest BCUT2D eigenvalue weighted by atomic mass is 10.2. The van der Waals surface area contributed by atoms with Crippen LogP contribution in [-0.2, 0) is 9.53 Å². The standard InChI is InChI=1S/C12H14N2O3.C2H6O/c1-2-17-12(16)6-11-13-9-4-3-8(7-15)5-10(9)14-11;1-2-3/h3-5,7,11,13-14H,2,6H2,1H3;3H,2H2,1H3. The molecule has 1 heterocycles. The van der Waals surface area contributed by atoms with Gasteiger partial charge in [-0.2, -0.15) is 0 Å². The minimum absolute atomic E-state index is 0.175. The first kappa shape index (κ1) is 16.0. The number of anilines is 2. The van der Waals surface area contributed by atoms with Crippen LogP contribution < -0.4 is 10.6 Å². The molecule has 0 amide bonds. The Morgan fingerprint density at radius 3 is 2.60 bits per heavy atom. The second-order valence-electron chi connectivity index (χ2n) is 4.09. The van der Waals surface area contributed by atoms with E-state index in [1.807, 2.05) is 6.07 Å². The second-order valence-corrected chi connectivity index (χ2v) is 4.09. The number of aliphatic hydroxyl groups is 1. The summed E-state index contributed by atoms with van der Waals surface area (Å²) in [4.78, 5) is 21.9. The van der Waals surface area contributed by atoms with E-state index >= 15 is 0 Å². The van der Waals surface area contributed by atoms with Gasteiger partial charge in [-0.25, -0.2) is 0 Å². The number of aldehydes is 1. The molecule has 1 aromatic rings. The van der Waals surface area contributed by atoms with Crippen molar-refractivity contribution in [3.05, 3.63) is 23.8 Å². The van der Waals surface area contributed by atoms with Crippen LogP contribution in [-0.4, -0.2) is 36.7 Å². The van der Waals surface area contributed by atoms with Crippen molar-refractivity contribution in [1.29, 1.82) is 0 Å². The van der Waals surface area contributed by atoms with Gasteiger partial charge in [0.15, 0.2) is 0 Å². The van der Waals surface area contributed by atoms with Gasteiger partial charge in [0.2, 0.25) is 0 Å². The van der Waals surface area contributed by atoms with Gasteiger partial charge in [0.05, 0.1) is 24.4 Å². The van der Waals surface area contributed by atoms with Gasteiger partial charge in [0.1, 0.15) is 12.5 Å². The number of fused-ring (bicyclic) bond motifs is 1. The van der Waals surface area contributed by atoms with Gasteiger partial charge in [-0.15, -0.1) is 0 Å². The van der Waals surface area contributed by atoms with Crippen LogP contribution in [0.3, 0.4) is 0 Å². The highest BCUT2D eigenvalue weighted by Gasteiger charge is 2.22. The van der Waals surface area contributed by atoms with Gasteiger partial charge < -0.3 is 20.5 Å². The Morgan fingerprint density at radius 2 is 2.00 bits per heavy atom. The van der Waals surface area contributed by atoms with E-state index in [0.29, 0.717) is 12.2 Å². The van der Waals surface area contributed by atoms with Gasteiger partial charge in [0.25, 0.3) is 0 Å². The highest BCUT2D eigenvalue weighted by Crippen LogP contribution is 2.30. The molecule has 1 unspecified atom stereocenters. The predicted octanol–water partition coefficient (Wildman–Crippen LogP) is 1.61. The Bertz CT molecular complexity index is 462. The maximum atomic E-state index is 11.3. The Hall–Kier alpha value is -2.08. The van der Waals surface area contributed by atoms with Gasteiger partial charge >= 0.3 is 5.97 Å². The number of rotatable bonds is 4. The molecule has 110 valence electrons. The summed E-state index contributed by atoms with van der Waals surface area (Å²) in [5.74, 6) is -0.249. The third-order valence-corrected chi connectivity index (χ3v) is 2.52. The van der Waals surface area contributed by atoms with Crippen molar-refractivity contribution in [3.8, 4) is 0 Å². The normalized spacial score (nSPS) is 15.1. The minimum atomic E-state index is -0.249. The Balaban J connectivity index is 0.000000612. The molecule has 0 aromatic heterocycles. The first-order valence-electron chi connectivity index (χ1n) is 6.53. The lowest BCUT2D eigenvalue weighted by Gasteiger charge is -2.10. The summed E-state index contributed by atoms with van der Waals surface area (Å²) >= 11 is 0. The number of aliphatic hydroxyl groups excluding tert-OH is 1. The van der Waals surface area contributed by atoms with Crippen LogP contribution in [0.5, 0.6) is 0 Å². The van der Waals surface area contributed by atoms with Crippen molar-refractivity contribution in [2.75, 3.05) is 23.8 Å². The van der Waals surface area contributed by atoms with E-state index in [1.54, 1.807) is 26.0 Å². The van der Waals surface area contributed by atoms with Crippen LogP contribution in [0.2, 0.25) is 0 Å². The van der Waals surface area contributed by atoms with Gasteiger partial charge in [0, 0.05) is 12.2 Å². The summed E-state index contributed by atoms with van der Waals surface area (Å²) in [6, 6.07) is 5.30. The molecule has 1 aromatic carbocycles. The molecule has 6 nitrogen and oxygen atoms in total. The van der Waals surface area contributed by atoms with E-state index in [0.717, 1.165) is 17.7 Å². The SMILES string of the molecule is CCO.CCOC(=O)CC1Nc2ccc(C=O)cc2N1. The van der Waals surface area contributed by atoms with Crippen molar-refractivity contribution in [1.82, 2.24) is 0 Å². The van der Waals surface area contributed by atoms with Crippen molar-refractivity contribution in [2.45, 2.75) is 26.4 Å². The number of hydrogen-bond acceptors (Lipinski definition) is 6. The minimum Gasteiger partial charge on any atom is -0.466 e. The fourth-order valence-corrected chi connectivity index (χ4v) is 1.78. The lowest BCUT2D eigenvalue weighted by Crippen LogP contribution is -2.26. The van der Waals surface area contributed by atoms with Crippen LogP contribution in [0.4, 0.5) is 11.4 Å². The third-order valence-electron chi connectivity index (χ3n) is 2.52. The van der Waals surface area contributed by atoms with E-state index < -0.39 is 0 Å². The molecule has 2 rings (SSSR count). The molecule has 1 atom stereocenters. The van der Waals surface area contributed by atoms with Crippen LogP contribution in [0.25, 0.3) is 0 Å². The average molecular weight is 280 g/mol. The summed E-state index contributed by atoms with van der Waals surface area (Å²) in [5.41, 5.74) is 2.34. The molecule has 0 saturated carbocycles. The molecule has 0 bridgehead atoms. The average Bonchev–Trinajstić information content (AvgIpc) is 2.80. The van der Waals surface area contributed by atoms with Crippen LogP contribution in [0.1, 0.15) is 30.6 Å². The Labute approximate surface area is 118 Å². The van der Waals surface area contributed by atoms with Gasteiger partial charge in [-0.1, -0.05) is 0 Å². The smallest absolute Gasteiger partial charge is 0.309 e. The number of ether oxygens (including phenoxy) is 1. The topological polar surface area (TPSA) is 87.7 Å². The highest BCUT2D eigenvalue weighted by atomic mass is 16.5. The van der Waals surface area contributed by atoms with Crippen LogP contribution >= 0.6 is 0 Å². The van der Waals surface area contributed by atoms with Crippen molar-refractivity contribution < 1.29 is 19.4 Å². The zero-order valence-electron chi connectivity index (χ0n) is 11.7. The lowest BCUT2D eigenvalue weighted by molar-refractivity contribution is -0.143. The summed E-state index contributed by atoms with van der Waals surface area (Å²) in [6.45, 7) is 4.09. The molecular weight excluding hydrogens is 260 g/mol. The first-order chi connectivity index (χ1) is 9.64. The van der Waals surface area contributed by atoms with E-state index in [2.05, 4.69) is 10.6 Å². The third kappa shape index (κ3) is 4.55. The fraction of sp³-hybridized carbons (Fsp3) is 0.429. The molecule has 0 radical (unpaired) electrons. The van der Waals surface area contributed by atoms with Crippen molar-refractivity contribution in [3.63, 3.8) is 0 Å². The quantitative estimate of drug-likeness (QED) is 0.574. The van der Waals surface area contributed by atoms with E-state index in [1.165, 1.54) is 0 Å². The maximum absolute atomic E-state index is 11.3. The largest absolute Gasteiger partial charge is 0.466 e. The molecule has 6 heteroatoms. The van der Waals surface area contributed by atoms with Gasteiger partial charge in [-0.3, -0.25) is 9.59 Å². The molecule has 0 aliphatic carbocycles. The molecular formula is C14H20N2O4. The van der Waals surface area contributed by atoms with E-state index in [-0.39, 0.29) is 25.2 Å². The zero-order valence-corrected chi connectivity index (χ0v) is 11.7. The highest BCUT2D eigenvalue weighted by molar-refractivity contribution is 5.84. The predicted molar refractivity (Wildman–Crippen MR) is 76.9 cm³/mol. The molecule has 0 saturated heterocycles. The molecule has 0 fully saturated rings. The summed E-state index contributed by atoms with van der Waals surface area (Å²) in [7, 11) is 0. The summed E-state index contributed by atoms with van der Waals surface area (Å²) < 4.78 is 4.87. The summed E-state index contributed by atoms with van der Waals surface area (Å²) in [5, 5.41) is 13.8. The Kier molecular flexibility index (Phi) is 6.52. The monoisotopic (exact) mass is 280 g/mol.